The SMILES string of the molecule is C=CCn1c(SCC(=O)Nc2ccc(Cl)cn2)nc2sc3c(c2c1=O)CCCCC3. The molecule has 0 bridgehead atoms. The number of carbonyl (C=O) groups is 1. The Hall–Kier alpha value is -2.16. The van der Waals surface area contributed by atoms with E-state index in [4.69, 9.17) is 16.6 Å². The third-order valence-corrected chi connectivity index (χ3v) is 7.31. The normalized spacial score (nSPS) is 13.6. The molecule has 1 amide bonds. The van der Waals surface area contributed by atoms with Crippen molar-refractivity contribution in [3.63, 3.8) is 0 Å². The topological polar surface area (TPSA) is 76.9 Å². The third kappa shape index (κ3) is 4.45. The van der Waals surface area contributed by atoms with Crippen LogP contribution < -0.4 is 10.9 Å². The summed E-state index contributed by atoms with van der Waals surface area (Å²) in [7, 11) is 0. The van der Waals surface area contributed by atoms with Crippen LogP contribution in [0.4, 0.5) is 5.82 Å². The second kappa shape index (κ2) is 9.32. The molecule has 0 saturated carbocycles. The zero-order valence-corrected chi connectivity index (χ0v) is 18.7. The van der Waals surface area contributed by atoms with Crippen molar-refractivity contribution in [2.45, 2.75) is 43.8 Å². The molecule has 6 nitrogen and oxygen atoms in total. The molecular formula is C21H21ClN4O2S2. The van der Waals surface area contributed by atoms with Crippen LogP contribution in [0.15, 0.2) is 40.9 Å². The number of hydrogen-bond acceptors (Lipinski definition) is 6. The third-order valence-electron chi connectivity index (χ3n) is 4.93. The molecule has 1 aliphatic carbocycles. The number of pyridine rings is 1. The number of anilines is 1. The Balaban J connectivity index is 1.60. The molecule has 0 aliphatic heterocycles. The Kier molecular flexibility index (Phi) is 6.55. The van der Waals surface area contributed by atoms with Crippen LogP contribution in [0.1, 0.15) is 29.7 Å². The summed E-state index contributed by atoms with van der Waals surface area (Å²) in [5.74, 6) is 0.319. The van der Waals surface area contributed by atoms with Crippen LogP contribution in [-0.4, -0.2) is 26.2 Å². The second-order valence-electron chi connectivity index (χ2n) is 7.04. The number of halogens is 1. The number of hydrogen-bond donors (Lipinski definition) is 1. The van der Waals surface area contributed by atoms with E-state index in [0.717, 1.165) is 35.9 Å². The summed E-state index contributed by atoms with van der Waals surface area (Å²) in [4.78, 5) is 36.5. The van der Waals surface area contributed by atoms with E-state index in [1.165, 1.54) is 34.8 Å². The van der Waals surface area contributed by atoms with Gasteiger partial charge in [-0.3, -0.25) is 14.2 Å². The minimum atomic E-state index is -0.226. The van der Waals surface area contributed by atoms with Crippen molar-refractivity contribution in [3.05, 3.63) is 56.8 Å². The molecule has 3 aromatic heterocycles. The van der Waals surface area contributed by atoms with Gasteiger partial charge in [0, 0.05) is 17.6 Å². The number of thioether (sulfide) groups is 1. The largest absolute Gasteiger partial charge is 0.310 e. The molecule has 1 aliphatic rings. The molecule has 1 N–H and O–H groups in total. The average Bonchev–Trinajstić information content (AvgIpc) is 2.92. The van der Waals surface area contributed by atoms with E-state index < -0.39 is 0 Å². The number of aryl methyl sites for hydroxylation is 2. The Morgan fingerprint density at radius 2 is 2.17 bits per heavy atom. The van der Waals surface area contributed by atoms with Crippen molar-refractivity contribution >= 4 is 56.6 Å². The molecular weight excluding hydrogens is 440 g/mol. The summed E-state index contributed by atoms with van der Waals surface area (Å²) in [6.45, 7) is 4.13. The summed E-state index contributed by atoms with van der Waals surface area (Å²) in [5, 5.41) is 4.51. The lowest BCUT2D eigenvalue weighted by Crippen LogP contribution is -2.24. The van der Waals surface area contributed by atoms with Gasteiger partial charge in [-0.05, 0) is 43.4 Å². The first-order chi connectivity index (χ1) is 14.6. The first kappa shape index (κ1) is 21.1. The van der Waals surface area contributed by atoms with Crippen LogP contribution in [0.2, 0.25) is 5.02 Å². The standard InChI is InChI=1S/C21H21ClN4O2S2/c1-2-10-26-20(28)18-14-6-4-3-5-7-15(14)30-19(18)25-21(26)29-12-17(27)24-16-9-8-13(22)11-23-16/h2,8-9,11H,1,3-7,10,12H2,(H,23,24,27). The Morgan fingerprint density at radius 3 is 2.93 bits per heavy atom. The maximum atomic E-state index is 13.3. The van der Waals surface area contributed by atoms with Crippen molar-refractivity contribution in [3.8, 4) is 0 Å². The predicted octanol–water partition coefficient (Wildman–Crippen LogP) is 4.69. The molecule has 4 rings (SSSR count). The highest BCUT2D eigenvalue weighted by Crippen LogP contribution is 2.34. The van der Waals surface area contributed by atoms with Gasteiger partial charge in [-0.1, -0.05) is 35.9 Å². The maximum absolute atomic E-state index is 13.3. The fraction of sp³-hybridized carbons (Fsp3) is 0.333. The van der Waals surface area contributed by atoms with Gasteiger partial charge in [0.15, 0.2) is 5.16 Å². The van der Waals surface area contributed by atoms with Crippen molar-refractivity contribution in [1.29, 1.82) is 0 Å². The summed E-state index contributed by atoms with van der Waals surface area (Å²) in [6.07, 6.45) is 8.56. The number of nitrogens with zero attached hydrogens (tertiary/aromatic N) is 3. The van der Waals surface area contributed by atoms with Gasteiger partial charge in [-0.2, -0.15) is 0 Å². The molecule has 3 aromatic rings. The van der Waals surface area contributed by atoms with Gasteiger partial charge < -0.3 is 5.32 Å². The number of allylic oxidation sites excluding steroid dienone is 1. The predicted molar refractivity (Wildman–Crippen MR) is 124 cm³/mol. The first-order valence-corrected chi connectivity index (χ1v) is 11.9. The Morgan fingerprint density at radius 1 is 1.33 bits per heavy atom. The minimum absolute atomic E-state index is 0.0402. The fourth-order valence-corrected chi connectivity index (χ4v) is 5.78. The van der Waals surface area contributed by atoms with Gasteiger partial charge in [0.1, 0.15) is 10.6 Å². The number of thiophene rings is 1. The van der Waals surface area contributed by atoms with Crippen LogP contribution >= 0.6 is 34.7 Å². The average molecular weight is 461 g/mol. The fourth-order valence-electron chi connectivity index (χ4n) is 3.56. The van der Waals surface area contributed by atoms with Crippen LogP contribution in [0, 0.1) is 0 Å². The van der Waals surface area contributed by atoms with Crippen LogP contribution in [0.25, 0.3) is 10.2 Å². The van der Waals surface area contributed by atoms with Crippen molar-refractivity contribution in [2.75, 3.05) is 11.1 Å². The maximum Gasteiger partial charge on any atom is 0.263 e. The number of carbonyl (C=O) groups excluding carboxylic acids is 1. The van der Waals surface area contributed by atoms with Gasteiger partial charge in [-0.15, -0.1) is 17.9 Å². The lowest BCUT2D eigenvalue weighted by molar-refractivity contribution is -0.113. The molecule has 0 fully saturated rings. The van der Waals surface area contributed by atoms with E-state index in [-0.39, 0.29) is 17.2 Å². The summed E-state index contributed by atoms with van der Waals surface area (Å²) in [5.41, 5.74) is 1.13. The van der Waals surface area contributed by atoms with Crippen molar-refractivity contribution in [1.82, 2.24) is 14.5 Å². The summed E-state index contributed by atoms with van der Waals surface area (Å²) in [6, 6.07) is 3.30. The zero-order valence-electron chi connectivity index (χ0n) is 16.3. The van der Waals surface area contributed by atoms with E-state index in [9.17, 15) is 9.59 Å². The summed E-state index contributed by atoms with van der Waals surface area (Å²) >= 11 is 8.68. The Labute approximate surface area is 187 Å². The van der Waals surface area contributed by atoms with Gasteiger partial charge >= 0.3 is 0 Å². The number of rotatable bonds is 6. The zero-order chi connectivity index (χ0) is 21.1. The molecule has 0 spiro atoms. The molecule has 0 atom stereocenters. The molecule has 0 aromatic carbocycles. The molecule has 0 unspecified atom stereocenters. The van der Waals surface area contributed by atoms with Gasteiger partial charge in [0.2, 0.25) is 5.91 Å². The molecule has 9 heteroatoms. The van der Waals surface area contributed by atoms with Crippen LogP contribution in [0.5, 0.6) is 0 Å². The monoisotopic (exact) mass is 460 g/mol. The quantitative estimate of drug-likeness (QED) is 0.250. The van der Waals surface area contributed by atoms with E-state index in [0.29, 0.717) is 22.5 Å². The van der Waals surface area contributed by atoms with Gasteiger partial charge in [-0.25, -0.2) is 9.97 Å². The Bertz CT molecular complexity index is 1150. The van der Waals surface area contributed by atoms with E-state index in [2.05, 4.69) is 16.9 Å². The smallest absolute Gasteiger partial charge is 0.263 e. The van der Waals surface area contributed by atoms with Gasteiger partial charge in [0.05, 0.1) is 16.2 Å². The lowest BCUT2D eigenvalue weighted by Gasteiger charge is -2.11. The number of amides is 1. The molecule has 0 radical (unpaired) electrons. The molecule has 0 saturated heterocycles. The molecule has 156 valence electrons. The minimum Gasteiger partial charge on any atom is -0.310 e. The van der Waals surface area contributed by atoms with Crippen LogP contribution in [0.3, 0.4) is 0 Å². The second-order valence-corrected chi connectivity index (χ2v) is 9.50. The van der Waals surface area contributed by atoms with Crippen molar-refractivity contribution in [2.24, 2.45) is 0 Å². The highest BCUT2D eigenvalue weighted by Gasteiger charge is 2.21. The highest BCUT2D eigenvalue weighted by atomic mass is 35.5. The van der Waals surface area contributed by atoms with Gasteiger partial charge in [0.25, 0.3) is 5.56 Å². The first-order valence-electron chi connectivity index (χ1n) is 9.77. The number of nitrogens with one attached hydrogen (secondary N) is 1. The summed E-state index contributed by atoms with van der Waals surface area (Å²) < 4.78 is 1.62. The van der Waals surface area contributed by atoms with E-state index in [1.807, 2.05) is 0 Å². The number of aromatic nitrogens is 3. The van der Waals surface area contributed by atoms with Crippen molar-refractivity contribution < 1.29 is 4.79 Å². The van der Waals surface area contributed by atoms with E-state index >= 15 is 0 Å². The highest BCUT2D eigenvalue weighted by molar-refractivity contribution is 7.99. The van der Waals surface area contributed by atoms with Crippen LogP contribution in [-0.2, 0) is 24.2 Å². The molecule has 3 heterocycles. The lowest BCUT2D eigenvalue weighted by atomic mass is 10.1. The van der Waals surface area contributed by atoms with E-state index in [1.54, 1.807) is 34.1 Å². The molecule has 30 heavy (non-hydrogen) atoms. The number of fused-ring (bicyclic) bond motifs is 3.